The van der Waals surface area contributed by atoms with E-state index in [0.717, 1.165) is 18.6 Å². The van der Waals surface area contributed by atoms with Crippen LogP contribution in [0.1, 0.15) is 29.0 Å². The van der Waals surface area contributed by atoms with Crippen LogP contribution in [-0.4, -0.2) is 27.1 Å². The van der Waals surface area contributed by atoms with Crippen LogP contribution in [0.3, 0.4) is 0 Å². The largest absolute Gasteiger partial charge is 0.508 e. The summed E-state index contributed by atoms with van der Waals surface area (Å²) >= 11 is 0. The summed E-state index contributed by atoms with van der Waals surface area (Å²) in [7, 11) is 0. The number of benzene rings is 1. The Balaban J connectivity index is 1.85. The number of phenols is 2. The summed E-state index contributed by atoms with van der Waals surface area (Å²) in [5.41, 5.74) is 0.279. The van der Waals surface area contributed by atoms with Crippen LogP contribution in [0.4, 0.5) is 0 Å². The van der Waals surface area contributed by atoms with E-state index in [1.807, 2.05) is 6.07 Å². The first-order chi connectivity index (χ1) is 9.63. The Morgan fingerprint density at radius 2 is 1.95 bits per heavy atom. The van der Waals surface area contributed by atoms with Gasteiger partial charge in [-0.15, -0.1) is 0 Å². The van der Waals surface area contributed by atoms with Crippen molar-refractivity contribution in [1.82, 2.24) is 4.90 Å². The molecule has 1 amide bonds. The molecule has 5 heteroatoms. The Bertz CT molecular complexity index is 597. The Kier molecular flexibility index (Phi) is 3.10. The number of carbonyl (C=O) groups is 1. The second-order valence-corrected chi connectivity index (χ2v) is 4.98. The van der Waals surface area contributed by atoms with Crippen LogP contribution in [0.15, 0.2) is 41.0 Å². The molecule has 5 nitrogen and oxygen atoms in total. The van der Waals surface area contributed by atoms with E-state index in [9.17, 15) is 15.0 Å². The van der Waals surface area contributed by atoms with Gasteiger partial charge in [0.15, 0.2) is 0 Å². The summed E-state index contributed by atoms with van der Waals surface area (Å²) in [6, 6.07) is 7.73. The maximum atomic E-state index is 12.5. The lowest BCUT2D eigenvalue weighted by Crippen LogP contribution is -2.32. The van der Waals surface area contributed by atoms with Crippen molar-refractivity contribution >= 4 is 5.91 Å². The van der Waals surface area contributed by atoms with Gasteiger partial charge in [-0.2, -0.15) is 0 Å². The average Bonchev–Trinajstić information content (AvgIpc) is 3.11. The molecule has 1 aromatic heterocycles. The van der Waals surface area contributed by atoms with Crippen molar-refractivity contribution in [1.29, 1.82) is 0 Å². The zero-order valence-corrected chi connectivity index (χ0v) is 10.8. The lowest BCUT2D eigenvalue weighted by Gasteiger charge is -2.21. The number of hydrogen-bond donors (Lipinski definition) is 2. The first-order valence-electron chi connectivity index (χ1n) is 6.50. The second kappa shape index (κ2) is 4.92. The fourth-order valence-electron chi connectivity index (χ4n) is 2.21. The van der Waals surface area contributed by atoms with Gasteiger partial charge in [-0.3, -0.25) is 4.79 Å². The SMILES string of the molecule is O=C(c1cc(O)cc(O)c1)N(Cc1ccco1)C1CC1. The Morgan fingerprint density at radius 3 is 2.50 bits per heavy atom. The summed E-state index contributed by atoms with van der Waals surface area (Å²) < 4.78 is 5.28. The van der Waals surface area contributed by atoms with Crippen molar-refractivity contribution in [2.24, 2.45) is 0 Å². The van der Waals surface area contributed by atoms with Crippen LogP contribution in [0.2, 0.25) is 0 Å². The number of carbonyl (C=O) groups excluding carboxylic acids is 1. The normalized spacial score (nSPS) is 14.2. The van der Waals surface area contributed by atoms with E-state index in [1.54, 1.807) is 17.2 Å². The Morgan fingerprint density at radius 1 is 1.25 bits per heavy atom. The highest BCUT2D eigenvalue weighted by molar-refractivity contribution is 5.95. The van der Waals surface area contributed by atoms with Crippen LogP contribution < -0.4 is 0 Å². The first kappa shape index (κ1) is 12.6. The smallest absolute Gasteiger partial charge is 0.254 e. The second-order valence-electron chi connectivity index (χ2n) is 4.98. The molecule has 1 aliphatic rings. The maximum Gasteiger partial charge on any atom is 0.254 e. The van der Waals surface area contributed by atoms with Crippen LogP contribution >= 0.6 is 0 Å². The van der Waals surface area contributed by atoms with Gasteiger partial charge in [0.2, 0.25) is 0 Å². The van der Waals surface area contributed by atoms with Crippen molar-refractivity contribution < 1.29 is 19.4 Å². The highest BCUT2D eigenvalue weighted by Gasteiger charge is 2.33. The predicted molar refractivity (Wildman–Crippen MR) is 71.4 cm³/mol. The van der Waals surface area contributed by atoms with Crippen molar-refractivity contribution in [3.63, 3.8) is 0 Å². The highest BCUT2D eigenvalue weighted by Crippen LogP contribution is 2.31. The topological polar surface area (TPSA) is 73.9 Å². The molecule has 20 heavy (non-hydrogen) atoms. The van der Waals surface area contributed by atoms with Gasteiger partial charge in [0.25, 0.3) is 5.91 Å². The fourth-order valence-corrected chi connectivity index (χ4v) is 2.21. The van der Waals surface area contributed by atoms with E-state index in [2.05, 4.69) is 0 Å². The summed E-state index contributed by atoms with van der Waals surface area (Å²) in [4.78, 5) is 14.2. The molecule has 1 heterocycles. The number of phenolic OH excluding ortho intramolecular Hbond substituents is 2. The lowest BCUT2D eigenvalue weighted by molar-refractivity contribution is 0.0716. The Hall–Kier alpha value is -2.43. The van der Waals surface area contributed by atoms with Crippen LogP contribution in [0.25, 0.3) is 0 Å². The molecule has 0 radical (unpaired) electrons. The van der Waals surface area contributed by atoms with Crippen molar-refractivity contribution in [3.8, 4) is 11.5 Å². The minimum Gasteiger partial charge on any atom is -0.508 e. The third-order valence-electron chi connectivity index (χ3n) is 3.30. The molecule has 1 aliphatic carbocycles. The molecule has 0 atom stereocenters. The number of hydrogen-bond acceptors (Lipinski definition) is 4. The molecule has 3 rings (SSSR count). The molecule has 1 fully saturated rings. The quantitative estimate of drug-likeness (QED) is 0.897. The molecule has 0 saturated heterocycles. The van der Waals surface area contributed by atoms with Crippen molar-refractivity contribution in [2.45, 2.75) is 25.4 Å². The van der Waals surface area contributed by atoms with Gasteiger partial charge < -0.3 is 19.5 Å². The van der Waals surface area contributed by atoms with Gasteiger partial charge in [0.05, 0.1) is 12.8 Å². The third-order valence-corrected chi connectivity index (χ3v) is 3.30. The van der Waals surface area contributed by atoms with Gasteiger partial charge in [-0.1, -0.05) is 0 Å². The zero-order valence-electron chi connectivity index (χ0n) is 10.8. The van der Waals surface area contributed by atoms with E-state index in [-0.39, 0.29) is 29.0 Å². The minimum absolute atomic E-state index is 0.123. The van der Waals surface area contributed by atoms with Crippen molar-refractivity contribution in [3.05, 3.63) is 47.9 Å². The van der Waals surface area contributed by atoms with Gasteiger partial charge in [-0.05, 0) is 37.1 Å². The van der Waals surface area contributed by atoms with Crippen LogP contribution in [-0.2, 0) is 6.54 Å². The molecule has 0 spiro atoms. The molecule has 0 unspecified atom stereocenters. The number of amides is 1. The van der Waals surface area contributed by atoms with E-state index in [0.29, 0.717) is 6.54 Å². The molecular weight excluding hydrogens is 258 g/mol. The molecular formula is C15H15NO4. The first-order valence-corrected chi connectivity index (χ1v) is 6.50. The molecule has 2 N–H and O–H groups in total. The maximum absolute atomic E-state index is 12.5. The number of nitrogens with zero attached hydrogens (tertiary/aromatic N) is 1. The summed E-state index contributed by atoms with van der Waals surface area (Å²) in [5.74, 6) is 0.258. The predicted octanol–water partition coefficient (Wildman–Crippen LogP) is 2.50. The van der Waals surface area contributed by atoms with E-state index < -0.39 is 0 Å². The minimum atomic E-state index is -0.213. The average molecular weight is 273 g/mol. The molecule has 1 saturated carbocycles. The molecule has 2 aromatic rings. The van der Waals surface area contributed by atoms with Gasteiger partial charge in [0, 0.05) is 17.7 Å². The van der Waals surface area contributed by atoms with Gasteiger partial charge in [-0.25, -0.2) is 0 Å². The standard InChI is InChI=1S/C15H15NO4/c17-12-6-10(7-13(18)8-12)15(19)16(11-3-4-11)9-14-2-1-5-20-14/h1-2,5-8,11,17-18H,3-4,9H2. The molecule has 1 aromatic carbocycles. The summed E-state index contributed by atoms with van der Waals surface area (Å²) in [5, 5.41) is 19.0. The zero-order chi connectivity index (χ0) is 14.1. The molecule has 0 bridgehead atoms. The van der Waals surface area contributed by atoms with E-state index in [4.69, 9.17) is 4.42 Å². The third kappa shape index (κ3) is 2.61. The van der Waals surface area contributed by atoms with Gasteiger partial charge in [0.1, 0.15) is 17.3 Å². The summed E-state index contributed by atoms with van der Waals surface area (Å²) in [6.45, 7) is 0.396. The van der Waals surface area contributed by atoms with E-state index >= 15 is 0 Å². The van der Waals surface area contributed by atoms with Gasteiger partial charge >= 0.3 is 0 Å². The lowest BCUT2D eigenvalue weighted by atomic mass is 10.1. The van der Waals surface area contributed by atoms with E-state index in [1.165, 1.54) is 18.2 Å². The number of aromatic hydroxyl groups is 2. The monoisotopic (exact) mass is 273 g/mol. The highest BCUT2D eigenvalue weighted by atomic mass is 16.3. The van der Waals surface area contributed by atoms with Crippen LogP contribution in [0, 0.1) is 0 Å². The Labute approximate surface area is 116 Å². The molecule has 0 aliphatic heterocycles. The summed E-state index contributed by atoms with van der Waals surface area (Å²) in [6.07, 6.45) is 3.51. The van der Waals surface area contributed by atoms with Crippen molar-refractivity contribution in [2.75, 3.05) is 0 Å². The number of furan rings is 1. The van der Waals surface area contributed by atoms with Crippen LogP contribution in [0.5, 0.6) is 11.5 Å². The fraction of sp³-hybridized carbons (Fsp3) is 0.267. The molecule has 104 valence electrons. The number of rotatable bonds is 4.